The van der Waals surface area contributed by atoms with Crippen molar-refractivity contribution in [1.82, 2.24) is 14.2 Å². The highest BCUT2D eigenvalue weighted by atomic mass is 32.2. The predicted molar refractivity (Wildman–Crippen MR) is 120 cm³/mol. The van der Waals surface area contributed by atoms with E-state index in [1.807, 2.05) is 36.4 Å². The van der Waals surface area contributed by atoms with Crippen molar-refractivity contribution < 1.29 is 17.2 Å². The van der Waals surface area contributed by atoms with E-state index in [0.29, 0.717) is 38.6 Å². The molecular weight excluding hydrogens is 429 g/mol. The molecule has 0 radical (unpaired) electrons. The fraction of sp³-hybridized carbons (Fsp3) is 0.208. The molecule has 1 saturated heterocycles. The summed E-state index contributed by atoms with van der Waals surface area (Å²) in [6.07, 6.45) is 0. The standard InChI is InChI=1S/C24H22FN3O3S/c25-20-7-9-21(10-8-20)32(29,30)28-14-12-27(13-15-28)17-24-26-22-16-19(6-11-23(22)31-24)18-4-2-1-3-5-18/h1-11,16H,12-15,17H2. The SMILES string of the molecule is O=S(=O)(c1ccc(F)cc1)N1CCN(Cc2nc3cc(-c4ccccc4)ccc3o2)CC1. The molecule has 2 heterocycles. The van der Waals surface area contributed by atoms with Crippen molar-refractivity contribution in [1.29, 1.82) is 0 Å². The molecule has 1 aliphatic rings. The summed E-state index contributed by atoms with van der Waals surface area (Å²) in [6.45, 7) is 2.36. The molecule has 164 valence electrons. The first kappa shape index (κ1) is 20.8. The summed E-state index contributed by atoms with van der Waals surface area (Å²) in [4.78, 5) is 6.88. The largest absolute Gasteiger partial charge is 0.439 e. The minimum Gasteiger partial charge on any atom is -0.439 e. The molecule has 0 bridgehead atoms. The molecule has 3 aromatic carbocycles. The van der Waals surface area contributed by atoms with Crippen molar-refractivity contribution in [2.24, 2.45) is 0 Å². The number of hydrogen-bond acceptors (Lipinski definition) is 5. The summed E-state index contributed by atoms with van der Waals surface area (Å²) in [7, 11) is -3.63. The number of fused-ring (bicyclic) bond motifs is 1. The third-order valence-corrected chi connectivity index (χ3v) is 7.59. The minimum absolute atomic E-state index is 0.112. The maximum Gasteiger partial charge on any atom is 0.243 e. The van der Waals surface area contributed by atoms with Gasteiger partial charge in [0.2, 0.25) is 15.9 Å². The van der Waals surface area contributed by atoms with E-state index in [0.717, 1.165) is 22.2 Å². The molecule has 0 saturated carbocycles. The number of oxazole rings is 1. The van der Waals surface area contributed by atoms with Crippen LogP contribution in [-0.4, -0.2) is 48.8 Å². The zero-order valence-corrected chi connectivity index (χ0v) is 18.1. The van der Waals surface area contributed by atoms with Gasteiger partial charge in [-0.3, -0.25) is 4.90 Å². The topological polar surface area (TPSA) is 66.7 Å². The van der Waals surface area contributed by atoms with Crippen molar-refractivity contribution in [3.8, 4) is 11.1 Å². The van der Waals surface area contributed by atoms with Gasteiger partial charge in [-0.25, -0.2) is 17.8 Å². The Kier molecular flexibility index (Phi) is 5.50. The van der Waals surface area contributed by atoms with Gasteiger partial charge in [0.05, 0.1) is 11.4 Å². The first-order valence-corrected chi connectivity index (χ1v) is 11.9. The number of piperazine rings is 1. The molecular formula is C24H22FN3O3S. The third kappa shape index (κ3) is 4.17. The Morgan fingerprint density at radius 1 is 0.875 bits per heavy atom. The Labute approximate surface area is 186 Å². The van der Waals surface area contributed by atoms with Crippen LogP contribution >= 0.6 is 0 Å². The molecule has 1 fully saturated rings. The Hall–Kier alpha value is -3.07. The smallest absolute Gasteiger partial charge is 0.243 e. The van der Waals surface area contributed by atoms with Gasteiger partial charge in [0.25, 0.3) is 0 Å². The summed E-state index contributed by atoms with van der Waals surface area (Å²) in [5.74, 6) is 0.156. The third-order valence-electron chi connectivity index (χ3n) is 5.68. The van der Waals surface area contributed by atoms with Gasteiger partial charge in [0.15, 0.2) is 5.58 Å². The normalized spacial score (nSPS) is 15.9. The number of aromatic nitrogens is 1. The predicted octanol–water partition coefficient (Wildman–Crippen LogP) is 4.14. The molecule has 0 unspecified atom stereocenters. The van der Waals surface area contributed by atoms with Gasteiger partial charge < -0.3 is 4.42 Å². The number of rotatable bonds is 5. The summed E-state index contributed by atoms with van der Waals surface area (Å²) >= 11 is 0. The lowest BCUT2D eigenvalue weighted by atomic mass is 10.1. The molecule has 1 aliphatic heterocycles. The number of benzene rings is 3. The zero-order valence-electron chi connectivity index (χ0n) is 17.3. The van der Waals surface area contributed by atoms with E-state index < -0.39 is 15.8 Å². The summed E-state index contributed by atoms with van der Waals surface area (Å²) in [5, 5.41) is 0. The highest BCUT2D eigenvalue weighted by Crippen LogP contribution is 2.25. The molecule has 0 atom stereocenters. The number of halogens is 1. The second-order valence-corrected chi connectivity index (χ2v) is 9.73. The van der Waals surface area contributed by atoms with Crippen LogP contribution in [0.3, 0.4) is 0 Å². The first-order valence-electron chi connectivity index (χ1n) is 10.4. The van der Waals surface area contributed by atoms with Crippen molar-refractivity contribution >= 4 is 21.1 Å². The van der Waals surface area contributed by atoms with Crippen LogP contribution in [0.4, 0.5) is 4.39 Å². The van der Waals surface area contributed by atoms with Gasteiger partial charge in [0, 0.05) is 26.2 Å². The first-order chi connectivity index (χ1) is 15.5. The van der Waals surface area contributed by atoms with E-state index in [2.05, 4.69) is 22.0 Å². The van der Waals surface area contributed by atoms with Crippen molar-refractivity contribution in [3.63, 3.8) is 0 Å². The summed E-state index contributed by atoms with van der Waals surface area (Å²) < 4.78 is 46.1. The Bertz CT molecular complexity index is 1330. The Balaban J connectivity index is 1.25. The molecule has 1 aromatic heterocycles. The lowest BCUT2D eigenvalue weighted by Gasteiger charge is -2.33. The molecule has 6 nitrogen and oxygen atoms in total. The van der Waals surface area contributed by atoms with E-state index in [4.69, 9.17) is 4.42 Å². The molecule has 0 N–H and O–H groups in total. The minimum atomic E-state index is -3.63. The van der Waals surface area contributed by atoms with Crippen LogP contribution < -0.4 is 0 Å². The Morgan fingerprint density at radius 2 is 1.59 bits per heavy atom. The second-order valence-electron chi connectivity index (χ2n) is 7.79. The van der Waals surface area contributed by atoms with E-state index in [-0.39, 0.29) is 4.90 Å². The lowest BCUT2D eigenvalue weighted by Crippen LogP contribution is -2.48. The lowest BCUT2D eigenvalue weighted by molar-refractivity contribution is 0.169. The molecule has 8 heteroatoms. The van der Waals surface area contributed by atoms with Crippen molar-refractivity contribution in [2.75, 3.05) is 26.2 Å². The Morgan fingerprint density at radius 3 is 2.31 bits per heavy atom. The van der Waals surface area contributed by atoms with Crippen LogP contribution in [0.1, 0.15) is 5.89 Å². The highest BCUT2D eigenvalue weighted by Gasteiger charge is 2.29. The van der Waals surface area contributed by atoms with Gasteiger partial charge in [-0.05, 0) is 47.5 Å². The zero-order chi connectivity index (χ0) is 22.1. The highest BCUT2D eigenvalue weighted by molar-refractivity contribution is 7.89. The molecule has 0 spiro atoms. The van der Waals surface area contributed by atoms with Crippen LogP contribution in [0.2, 0.25) is 0 Å². The molecule has 4 aromatic rings. The number of hydrogen-bond donors (Lipinski definition) is 0. The van der Waals surface area contributed by atoms with E-state index in [1.165, 1.54) is 28.6 Å². The van der Waals surface area contributed by atoms with Crippen LogP contribution in [-0.2, 0) is 16.6 Å². The van der Waals surface area contributed by atoms with Gasteiger partial charge in [0.1, 0.15) is 11.3 Å². The maximum atomic E-state index is 13.1. The number of nitrogens with zero attached hydrogens (tertiary/aromatic N) is 3. The fourth-order valence-corrected chi connectivity index (χ4v) is 5.35. The van der Waals surface area contributed by atoms with Crippen LogP contribution in [0.15, 0.2) is 82.1 Å². The summed E-state index contributed by atoms with van der Waals surface area (Å²) in [5.41, 5.74) is 3.74. The molecule has 5 rings (SSSR count). The van der Waals surface area contributed by atoms with E-state index in [9.17, 15) is 12.8 Å². The van der Waals surface area contributed by atoms with Crippen LogP contribution in [0, 0.1) is 5.82 Å². The monoisotopic (exact) mass is 451 g/mol. The summed E-state index contributed by atoms with van der Waals surface area (Å²) in [6, 6.07) is 21.0. The number of sulfonamides is 1. The van der Waals surface area contributed by atoms with Crippen LogP contribution in [0.25, 0.3) is 22.2 Å². The fourth-order valence-electron chi connectivity index (χ4n) is 3.93. The molecule has 32 heavy (non-hydrogen) atoms. The van der Waals surface area contributed by atoms with Gasteiger partial charge in [-0.1, -0.05) is 36.4 Å². The molecule has 0 amide bonds. The second kappa shape index (κ2) is 8.46. The van der Waals surface area contributed by atoms with E-state index in [1.54, 1.807) is 0 Å². The van der Waals surface area contributed by atoms with Gasteiger partial charge in [-0.2, -0.15) is 4.31 Å². The van der Waals surface area contributed by atoms with Crippen molar-refractivity contribution in [3.05, 3.63) is 84.5 Å². The average Bonchev–Trinajstić information content (AvgIpc) is 3.22. The van der Waals surface area contributed by atoms with Gasteiger partial charge >= 0.3 is 0 Å². The van der Waals surface area contributed by atoms with Gasteiger partial charge in [-0.15, -0.1) is 0 Å². The molecule has 0 aliphatic carbocycles. The van der Waals surface area contributed by atoms with Crippen LogP contribution in [0.5, 0.6) is 0 Å². The van der Waals surface area contributed by atoms with E-state index >= 15 is 0 Å². The average molecular weight is 452 g/mol. The quantitative estimate of drug-likeness (QED) is 0.456. The maximum absolute atomic E-state index is 13.1. The van der Waals surface area contributed by atoms with Crippen molar-refractivity contribution in [2.45, 2.75) is 11.4 Å².